The fourth-order valence-electron chi connectivity index (χ4n) is 2.75. The summed E-state index contributed by atoms with van der Waals surface area (Å²) in [4.78, 5) is 9.47. The van der Waals surface area contributed by atoms with Crippen molar-refractivity contribution >= 4 is 41.3 Å². The van der Waals surface area contributed by atoms with Gasteiger partial charge in [-0.25, -0.2) is 4.98 Å². The molecule has 1 aromatic rings. The van der Waals surface area contributed by atoms with E-state index in [2.05, 4.69) is 57.6 Å². The summed E-state index contributed by atoms with van der Waals surface area (Å²) in [6.45, 7) is 15.7. The average Bonchev–Trinajstić information content (AvgIpc) is 3.01. The lowest BCUT2D eigenvalue weighted by molar-refractivity contribution is 0.245. The summed E-state index contributed by atoms with van der Waals surface area (Å²) in [7, 11) is 0. The van der Waals surface area contributed by atoms with E-state index in [-0.39, 0.29) is 36.0 Å². The van der Waals surface area contributed by atoms with Crippen LogP contribution in [0.1, 0.15) is 65.1 Å². The van der Waals surface area contributed by atoms with Gasteiger partial charge in [0.25, 0.3) is 0 Å². The van der Waals surface area contributed by atoms with Crippen molar-refractivity contribution < 1.29 is 5.11 Å². The molecule has 0 spiro atoms. The average molecular weight is 511 g/mol. The van der Waals surface area contributed by atoms with E-state index in [0.29, 0.717) is 11.8 Å². The second-order valence-corrected chi connectivity index (χ2v) is 9.22. The summed E-state index contributed by atoms with van der Waals surface area (Å²) >= 11 is 1.73. The molecular formula is C20H39IN4OS. The summed E-state index contributed by atoms with van der Waals surface area (Å²) < 4.78 is 0. The first-order valence-corrected chi connectivity index (χ1v) is 10.7. The van der Waals surface area contributed by atoms with Crippen LogP contribution < -0.4 is 10.6 Å². The molecule has 0 aliphatic heterocycles. The molecule has 0 amide bonds. The molecule has 0 bridgehead atoms. The smallest absolute Gasteiger partial charge is 0.191 e. The monoisotopic (exact) mass is 510 g/mol. The van der Waals surface area contributed by atoms with Crippen molar-refractivity contribution in [3.8, 4) is 0 Å². The van der Waals surface area contributed by atoms with E-state index in [9.17, 15) is 5.11 Å². The molecule has 5 nitrogen and oxygen atoms in total. The van der Waals surface area contributed by atoms with Crippen molar-refractivity contribution in [3.05, 3.63) is 16.1 Å². The van der Waals surface area contributed by atoms with Crippen LogP contribution in [0.15, 0.2) is 10.4 Å². The highest BCUT2D eigenvalue weighted by atomic mass is 127. The van der Waals surface area contributed by atoms with E-state index in [4.69, 9.17) is 9.98 Å². The summed E-state index contributed by atoms with van der Waals surface area (Å²) in [6.07, 6.45) is 2.81. The van der Waals surface area contributed by atoms with Crippen molar-refractivity contribution in [3.63, 3.8) is 0 Å². The summed E-state index contributed by atoms with van der Waals surface area (Å²) in [6, 6.07) is 0. The number of hydrogen-bond donors (Lipinski definition) is 3. The number of aliphatic hydroxyl groups is 1. The Morgan fingerprint density at radius 1 is 1.30 bits per heavy atom. The van der Waals surface area contributed by atoms with Crippen LogP contribution in [0, 0.1) is 11.8 Å². The first-order chi connectivity index (χ1) is 12.3. The lowest BCUT2D eigenvalue weighted by Crippen LogP contribution is -2.38. The maximum Gasteiger partial charge on any atom is 0.191 e. The number of aliphatic hydroxyl groups excluding tert-OH is 1. The van der Waals surface area contributed by atoms with E-state index in [0.717, 1.165) is 49.9 Å². The van der Waals surface area contributed by atoms with Crippen molar-refractivity contribution in [1.82, 2.24) is 15.6 Å². The molecule has 3 N–H and O–H groups in total. The molecule has 0 fully saturated rings. The van der Waals surface area contributed by atoms with Gasteiger partial charge in [-0.05, 0) is 31.6 Å². The largest absolute Gasteiger partial charge is 0.396 e. The molecule has 0 saturated heterocycles. The highest BCUT2D eigenvalue weighted by Crippen LogP contribution is 2.23. The van der Waals surface area contributed by atoms with Crippen molar-refractivity contribution in [2.24, 2.45) is 16.8 Å². The minimum absolute atomic E-state index is 0. The zero-order valence-electron chi connectivity index (χ0n) is 17.8. The molecule has 1 aromatic heterocycles. The van der Waals surface area contributed by atoms with Crippen molar-refractivity contribution in [2.45, 2.75) is 66.2 Å². The Morgan fingerprint density at radius 3 is 2.52 bits per heavy atom. The van der Waals surface area contributed by atoms with Crippen LogP contribution in [0.2, 0.25) is 0 Å². The lowest BCUT2D eigenvalue weighted by atomic mass is 9.93. The quantitative estimate of drug-likeness (QED) is 0.251. The second kappa shape index (κ2) is 13.7. The van der Waals surface area contributed by atoms with E-state index in [1.807, 2.05) is 0 Å². The number of halogens is 1. The molecule has 7 heteroatoms. The minimum atomic E-state index is 0. The molecule has 158 valence electrons. The van der Waals surface area contributed by atoms with Crippen LogP contribution in [0.5, 0.6) is 0 Å². The van der Waals surface area contributed by atoms with Gasteiger partial charge in [0.2, 0.25) is 0 Å². The summed E-state index contributed by atoms with van der Waals surface area (Å²) in [5.41, 5.74) is 1.27. The normalized spacial score (nSPS) is 13.4. The second-order valence-electron chi connectivity index (χ2n) is 8.28. The molecule has 1 heterocycles. The van der Waals surface area contributed by atoms with Crippen molar-refractivity contribution in [2.75, 3.05) is 26.2 Å². The zero-order valence-corrected chi connectivity index (χ0v) is 21.0. The molecule has 0 aliphatic carbocycles. The van der Waals surface area contributed by atoms with Gasteiger partial charge in [-0.15, -0.1) is 35.3 Å². The van der Waals surface area contributed by atoms with Gasteiger partial charge in [-0.1, -0.05) is 34.6 Å². The molecular weight excluding hydrogens is 471 g/mol. The third-order valence-corrected chi connectivity index (χ3v) is 5.05. The third-order valence-electron chi connectivity index (χ3n) is 4.15. The topological polar surface area (TPSA) is 69.5 Å². The Morgan fingerprint density at radius 2 is 2.00 bits per heavy atom. The van der Waals surface area contributed by atoms with Crippen LogP contribution in [0.3, 0.4) is 0 Å². The maximum atomic E-state index is 9.26. The minimum Gasteiger partial charge on any atom is -0.396 e. The van der Waals surface area contributed by atoms with Gasteiger partial charge in [0.05, 0.1) is 10.7 Å². The fourth-order valence-corrected chi connectivity index (χ4v) is 3.78. The zero-order chi connectivity index (χ0) is 19.6. The van der Waals surface area contributed by atoms with E-state index in [1.165, 1.54) is 5.69 Å². The number of nitrogens with zero attached hydrogens (tertiary/aromatic N) is 2. The highest BCUT2D eigenvalue weighted by molar-refractivity contribution is 14.0. The summed E-state index contributed by atoms with van der Waals surface area (Å²) in [5, 5.41) is 19.3. The summed E-state index contributed by atoms with van der Waals surface area (Å²) in [5.74, 6) is 1.91. The standard InChI is InChI=1S/C20H38N4OS.HI/c1-7-21-19(23-13-16(9-11-25)12-15(2)3)22-10-8-18-24-17(14-26-18)20(4,5)6;/h14-16,25H,7-13H2,1-6H3,(H2,21,22,23);1H. The van der Waals surface area contributed by atoms with E-state index in [1.54, 1.807) is 11.3 Å². The first-order valence-electron chi connectivity index (χ1n) is 9.84. The molecule has 1 unspecified atom stereocenters. The van der Waals surface area contributed by atoms with E-state index >= 15 is 0 Å². The van der Waals surface area contributed by atoms with Crippen LogP contribution in [-0.4, -0.2) is 42.3 Å². The number of thiazole rings is 1. The Labute approximate surface area is 186 Å². The molecule has 1 atom stereocenters. The van der Waals surface area contributed by atoms with Gasteiger partial charge < -0.3 is 15.7 Å². The number of rotatable bonds is 10. The Kier molecular flexibility index (Phi) is 13.5. The molecule has 27 heavy (non-hydrogen) atoms. The lowest BCUT2D eigenvalue weighted by Gasteiger charge is -2.17. The van der Waals surface area contributed by atoms with Gasteiger partial charge in [-0.2, -0.15) is 0 Å². The number of aliphatic imine (C=N–C) groups is 1. The third kappa shape index (κ3) is 11.2. The maximum absolute atomic E-state index is 9.26. The van der Waals surface area contributed by atoms with Gasteiger partial charge in [0.1, 0.15) is 0 Å². The fraction of sp³-hybridized carbons (Fsp3) is 0.800. The van der Waals surface area contributed by atoms with Crippen molar-refractivity contribution in [1.29, 1.82) is 0 Å². The van der Waals surface area contributed by atoms with Gasteiger partial charge >= 0.3 is 0 Å². The van der Waals surface area contributed by atoms with Crippen LogP contribution in [-0.2, 0) is 11.8 Å². The Hall–Kier alpha value is -0.410. The Balaban J connectivity index is 0.00000676. The van der Waals surface area contributed by atoms with Crippen LogP contribution in [0.4, 0.5) is 0 Å². The number of aromatic nitrogens is 1. The molecule has 0 saturated carbocycles. The molecule has 0 aliphatic rings. The van der Waals surface area contributed by atoms with Gasteiger partial charge in [0, 0.05) is 43.5 Å². The van der Waals surface area contributed by atoms with Crippen LogP contribution in [0.25, 0.3) is 0 Å². The predicted molar refractivity (Wildman–Crippen MR) is 129 cm³/mol. The SMILES string of the molecule is CCNC(=NCC(CCO)CC(C)C)NCCc1nc(C(C)(C)C)cs1.I. The van der Waals surface area contributed by atoms with E-state index < -0.39 is 0 Å². The highest BCUT2D eigenvalue weighted by Gasteiger charge is 2.17. The molecule has 1 rings (SSSR count). The Bertz CT molecular complexity index is 540. The number of guanidine groups is 1. The van der Waals surface area contributed by atoms with Gasteiger partial charge in [-0.3, -0.25) is 4.99 Å². The van der Waals surface area contributed by atoms with Crippen LogP contribution >= 0.6 is 35.3 Å². The van der Waals surface area contributed by atoms with Gasteiger partial charge in [0.15, 0.2) is 5.96 Å². The molecule has 0 aromatic carbocycles. The number of nitrogens with one attached hydrogen (secondary N) is 2. The predicted octanol–water partition coefficient (Wildman–Crippen LogP) is 4.20. The number of hydrogen-bond acceptors (Lipinski definition) is 4. The first kappa shape index (κ1) is 26.6. The molecule has 0 radical (unpaired) electrons.